The second-order valence-corrected chi connectivity index (χ2v) is 8.00. The summed E-state index contributed by atoms with van der Waals surface area (Å²) in [5, 5.41) is 0.515. The van der Waals surface area contributed by atoms with Crippen molar-refractivity contribution in [2.45, 2.75) is 18.7 Å². The zero-order valence-corrected chi connectivity index (χ0v) is 16.0. The normalized spacial score (nSPS) is 11.6. The topological polar surface area (TPSA) is 78.3 Å². The van der Waals surface area contributed by atoms with Gasteiger partial charge in [0.25, 0.3) is 10.0 Å². The maximum Gasteiger partial charge on any atom is 0.356 e. The Hall–Kier alpha value is -2.19. The van der Waals surface area contributed by atoms with E-state index in [2.05, 4.69) is 20.9 Å². The zero-order chi connectivity index (χ0) is 18.2. The number of benzene rings is 1. The van der Waals surface area contributed by atoms with Crippen LogP contribution in [0.1, 0.15) is 23.0 Å². The van der Waals surface area contributed by atoms with Gasteiger partial charge in [0.15, 0.2) is 5.65 Å². The smallest absolute Gasteiger partial charge is 0.356 e. The number of carbonyl (C=O) groups is 1. The fourth-order valence-electron chi connectivity index (χ4n) is 2.45. The quantitative estimate of drug-likeness (QED) is 0.600. The molecule has 0 bridgehead atoms. The molecule has 0 unspecified atom stereocenters. The summed E-state index contributed by atoms with van der Waals surface area (Å²) in [6.45, 7) is 3.66. The lowest BCUT2D eigenvalue weighted by molar-refractivity contribution is 0.0518. The van der Waals surface area contributed by atoms with Crippen LogP contribution in [0.5, 0.6) is 0 Å². The van der Waals surface area contributed by atoms with E-state index in [1.165, 1.54) is 24.4 Å². The van der Waals surface area contributed by atoms with Gasteiger partial charge in [-0.05, 0) is 54.0 Å². The number of rotatable bonds is 4. The van der Waals surface area contributed by atoms with Gasteiger partial charge in [0.05, 0.1) is 11.5 Å². The molecule has 25 heavy (non-hydrogen) atoms. The minimum atomic E-state index is -4.02. The first-order valence-electron chi connectivity index (χ1n) is 7.51. The van der Waals surface area contributed by atoms with Crippen LogP contribution in [0.15, 0.2) is 52.0 Å². The van der Waals surface area contributed by atoms with Gasteiger partial charge in [-0.1, -0.05) is 17.7 Å². The van der Waals surface area contributed by atoms with Gasteiger partial charge in [0.2, 0.25) is 0 Å². The van der Waals surface area contributed by atoms with Crippen LogP contribution in [0, 0.1) is 6.92 Å². The van der Waals surface area contributed by atoms with E-state index in [0.29, 0.717) is 9.86 Å². The molecule has 3 rings (SSSR count). The Morgan fingerprint density at radius 1 is 1.24 bits per heavy atom. The second kappa shape index (κ2) is 6.61. The van der Waals surface area contributed by atoms with Crippen LogP contribution in [0.2, 0.25) is 0 Å². The van der Waals surface area contributed by atoms with Gasteiger partial charge < -0.3 is 4.74 Å². The Labute approximate surface area is 153 Å². The number of carbonyl (C=O) groups excluding carboxylic acids is 1. The summed E-state index contributed by atoms with van der Waals surface area (Å²) >= 11 is 3.36. The molecule has 0 saturated carbocycles. The Morgan fingerprint density at radius 2 is 1.92 bits per heavy atom. The number of hydrogen-bond donors (Lipinski definition) is 0. The van der Waals surface area contributed by atoms with Crippen molar-refractivity contribution in [2.24, 2.45) is 0 Å². The minimum Gasteiger partial charge on any atom is -0.461 e. The average molecular weight is 423 g/mol. The summed E-state index contributed by atoms with van der Waals surface area (Å²) < 4.78 is 32.9. The molecule has 0 aliphatic heterocycles. The van der Waals surface area contributed by atoms with E-state index >= 15 is 0 Å². The SMILES string of the molecule is CCOC(=O)c1cc2c(Br)ccnc2n1S(=O)(=O)c1ccc(C)cc1. The van der Waals surface area contributed by atoms with Crippen molar-refractivity contribution >= 4 is 43.0 Å². The predicted molar refractivity (Wildman–Crippen MR) is 97.2 cm³/mol. The van der Waals surface area contributed by atoms with Gasteiger partial charge in [0, 0.05) is 16.1 Å². The predicted octanol–water partition coefficient (Wildman–Crippen LogP) is 3.52. The van der Waals surface area contributed by atoms with Crippen LogP contribution in [0.4, 0.5) is 0 Å². The lowest BCUT2D eigenvalue weighted by atomic mass is 10.2. The van der Waals surface area contributed by atoms with E-state index in [4.69, 9.17) is 4.74 Å². The highest BCUT2D eigenvalue weighted by Crippen LogP contribution is 2.29. The number of aryl methyl sites for hydroxylation is 1. The molecule has 3 aromatic rings. The highest BCUT2D eigenvalue weighted by Gasteiger charge is 2.28. The van der Waals surface area contributed by atoms with Crippen LogP contribution in [0.3, 0.4) is 0 Å². The van der Waals surface area contributed by atoms with E-state index in [0.717, 1.165) is 9.54 Å². The first-order chi connectivity index (χ1) is 11.9. The van der Waals surface area contributed by atoms with Crippen molar-refractivity contribution in [1.82, 2.24) is 8.96 Å². The first-order valence-corrected chi connectivity index (χ1v) is 9.75. The fraction of sp³-hybridized carbons (Fsp3) is 0.176. The molecule has 0 radical (unpaired) electrons. The number of pyridine rings is 1. The number of esters is 1. The maximum atomic E-state index is 13.2. The zero-order valence-electron chi connectivity index (χ0n) is 13.6. The van der Waals surface area contributed by atoms with Crippen molar-refractivity contribution < 1.29 is 17.9 Å². The largest absolute Gasteiger partial charge is 0.461 e. The monoisotopic (exact) mass is 422 g/mol. The van der Waals surface area contributed by atoms with E-state index in [1.807, 2.05) is 6.92 Å². The van der Waals surface area contributed by atoms with Gasteiger partial charge in [-0.2, -0.15) is 0 Å². The van der Waals surface area contributed by atoms with Crippen molar-refractivity contribution in [3.8, 4) is 0 Å². The van der Waals surface area contributed by atoms with E-state index < -0.39 is 16.0 Å². The Kier molecular flexibility index (Phi) is 4.66. The van der Waals surface area contributed by atoms with E-state index in [-0.39, 0.29) is 22.8 Å². The average Bonchev–Trinajstić information content (AvgIpc) is 2.97. The number of ether oxygens (including phenoxy) is 1. The number of fused-ring (bicyclic) bond motifs is 1. The lowest BCUT2D eigenvalue weighted by Crippen LogP contribution is -2.20. The molecular formula is C17H15BrN2O4S. The standard InChI is InChI=1S/C17H15BrN2O4S/c1-3-24-17(21)15-10-13-14(18)8-9-19-16(13)20(15)25(22,23)12-6-4-11(2)5-7-12/h4-10H,3H2,1-2H3. The third kappa shape index (κ3) is 3.07. The number of aromatic nitrogens is 2. The van der Waals surface area contributed by atoms with Gasteiger partial charge in [-0.3, -0.25) is 0 Å². The van der Waals surface area contributed by atoms with Crippen molar-refractivity contribution in [2.75, 3.05) is 6.61 Å². The third-order valence-electron chi connectivity index (χ3n) is 3.65. The molecule has 2 heterocycles. The molecule has 0 aliphatic rings. The lowest BCUT2D eigenvalue weighted by Gasteiger charge is -2.11. The van der Waals surface area contributed by atoms with Crippen LogP contribution < -0.4 is 0 Å². The van der Waals surface area contributed by atoms with Crippen molar-refractivity contribution in [3.05, 3.63) is 58.3 Å². The van der Waals surface area contributed by atoms with Gasteiger partial charge in [0.1, 0.15) is 5.69 Å². The van der Waals surface area contributed by atoms with Crippen LogP contribution >= 0.6 is 15.9 Å². The van der Waals surface area contributed by atoms with Crippen molar-refractivity contribution in [1.29, 1.82) is 0 Å². The molecule has 130 valence electrons. The molecule has 0 saturated heterocycles. The number of hydrogen-bond acceptors (Lipinski definition) is 5. The van der Waals surface area contributed by atoms with Crippen molar-refractivity contribution in [3.63, 3.8) is 0 Å². The minimum absolute atomic E-state index is 0.0722. The summed E-state index contributed by atoms with van der Waals surface area (Å²) in [6.07, 6.45) is 1.47. The molecule has 0 atom stereocenters. The van der Waals surface area contributed by atoms with Crippen LogP contribution in [-0.4, -0.2) is 30.0 Å². The molecule has 0 fully saturated rings. The van der Waals surface area contributed by atoms with Crippen LogP contribution in [-0.2, 0) is 14.8 Å². The summed E-state index contributed by atoms with van der Waals surface area (Å²) in [5.74, 6) is -0.719. The molecule has 6 nitrogen and oxygen atoms in total. The highest BCUT2D eigenvalue weighted by atomic mass is 79.9. The molecule has 0 N–H and O–H groups in total. The Bertz CT molecular complexity index is 1060. The van der Waals surface area contributed by atoms with Crippen LogP contribution in [0.25, 0.3) is 11.0 Å². The fourth-order valence-corrected chi connectivity index (χ4v) is 4.31. The Balaban J connectivity index is 2.33. The molecule has 0 amide bonds. The van der Waals surface area contributed by atoms with Gasteiger partial charge >= 0.3 is 5.97 Å². The summed E-state index contributed by atoms with van der Waals surface area (Å²) in [7, 11) is -4.02. The Morgan fingerprint density at radius 3 is 2.56 bits per heavy atom. The van der Waals surface area contributed by atoms with Gasteiger partial charge in [-0.15, -0.1) is 0 Å². The van der Waals surface area contributed by atoms with Gasteiger partial charge in [-0.25, -0.2) is 22.2 Å². The van der Waals surface area contributed by atoms with E-state index in [9.17, 15) is 13.2 Å². The molecule has 0 spiro atoms. The summed E-state index contributed by atoms with van der Waals surface area (Å²) in [5.41, 5.74) is 1.01. The van der Waals surface area contributed by atoms with E-state index in [1.54, 1.807) is 25.1 Å². The maximum absolute atomic E-state index is 13.2. The summed E-state index contributed by atoms with van der Waals surface area (Å²) in [6, 6.07) is 9.56. The molecule has 1 aromatic carbocycles. The molecule has 2 aromatic heterocycles. The first kappa shape index (κ1) is 17.6. The highest BCUT2D eigenvalue weighted by molar-refractivity contribution is 9.10. The molecular weight excluding hydrogens is 408 g/mol. The molecule has 0 aliphatic carbocycles. The number of halogens is 1. The third-order valence-corrected chi connectivity index (χ3v) is 6.06. The number of nitrogens with zero attached hydrogens (tertiary/aromatic N) is 2. The molecule has 8 heteroatoms. The summed E-state index contributed by atoms with van der Waals surface area (Å²) in [4.78, 5) is 16.6. The second-order valence-electron chi connectivity index (χ2n) is 5.36.